The molecule has 0 radical (unpaired) electrons. The van der Waals surface area contributed by atoms with E-state index in [0.717, 1.165) is 10.8 Å². The molecular formula is C17H18N2O4S. The Morgan fingerprint density at radius 2 is 1.88 bits per heavy atom. The number of hydrogen-bond acceptors (Lipinski definition) is 5. The summed E-state index contributed by atoms with van der Waals surface area (Å²) in [7, 11) is -3.80. The number of hydrogen-bond donors (Lipinski definition) is 2. The van der Waals surface area contributed by atoms with Gasteiger partial charge in [0.2, 0.25) is 10.0 Å². The smallest absolute Gasteiger partial charge is 0.246 e. The quantitative estimate of drug-likeness (QED) is 0.740. The van der Waals surface area contributed by atoms with Crippen molar-refractivity contribution in [1.29, 1.82) is 0 Å². The third kappa shape index (κ3) is 3.06. The highest BCUT2D eigenvalue weighted by Gasteiger charge is 2.25. The number of aryl methyl sites for hydroxylation is 2. The Hall–Kier alpha value is -2.22. The Morgan fingerprint density at radius 1 is 1.17 bits per heavy atom. The van der Waals surface area contributed by atoms with Gasteiger partial charge in [-0.3, -0.25) is 0 Å². The third-order valence-corrected chi connectivity index (χ3v) is 5.55. The van der Waals surface area contributed by atoms with Crippen molar-refractivity contribution in [2.75, 3.05) is 6.54 Å². The van der Waals surface area contributed by atoms with Crippen molar-refractivity contribution in [2.45, 2.75) is 24.8 Å². The van der Waals surface area contributed by atoms with Crippen LogP contribution in [0, 0.1) is 13.8 Å². The fraction of sp³-hybridized carbons (Fsp3) is 0.235. The Bertz CT molecular complexity index is 954. The van der Waals surface area contributed by atoms with Crippen molar-refractivity contribution in [3.05, 3.63) is 59.5 Å². The van der Waals surface area contributed by atoms with Crippen LogP contribution < -0.4 is 4.72 Å². The average Bonchev–Trinajstić information content (AvgIpc) is 2.91. The number of rotatable bonds is 5. The number of fused-ring (bicyclic) bond motifs is 1. The van der Waals surface area contributed by atoms with Gasteiger partial charge in [0.25, 0.3) is 0 Å². The molecule has 2 N–H and O–H groups in total. The van der Waals surface area contributed by atoms with E-state index in [0.29, 0.717) is 11.3 Å². The predicted octanol–water partition coefficient (Wildman–Crippen LogP) is 2.46. The zero-order valence-electron chi connectivity index (χ0n) is 13.4. The van der Waals surface area contributed by atoms with Gasteiger partial charge in [-0.1, -0.05) is 47.6 Å². The maximum Gasteiger partial charge on any atom is 0.246 e. The van der Waals surface area contributed by atoms with E-state index < -0.39 is 16.1 Å². The van der Waals surface area contributed by atoms with E-state index in [9.17, 15) is 13.5 Å². The van der Waals surface area contributed by atoms with Crippen LogP contribution in [0.4, 0.5) is 0 Å². The predicted molar refractivity (Wildman–Crippen MR) is 90.1 cm³/mol. The number of aliphatic hydroxyl groups is 1. The van der Waals surface area contributed by atoms with E-state index in [1.54, 1.807) is 13.0 Å². The average molecular weight is 346 g/mol. The topological polar surface area (TPSA) is 92.4 Å². The lowest BCUT2D eigenvalue weighted by Gasteiger charge is -2.15. The van der Waals surface area contributed by atoms with Crippen LogP contribution in [0.3, 0.4) is 0 Å². The van der Waals surface area contributed by atoms with E-state index in [-0.39, 0.29) is 17.2 Å². The minimum atomic E-state index is -3.80. The molecule has 0 fully saturated rings. The molecule has 3 rings (SSSR count). The summed E-state index contributed by atoms with van der Waals surface area (Å²) >= 11 is 0. The van der Waals surface area contributed by atoms with Crippen molar-refractivity contribution in [2.24, 2.45) is 0 Å². The van der Waals surface area contributed by atoms with Crippen LogP contribution in [0.2, 0.25) is 0 Å². The Balaban J connectivity index is 1.84. The molecule has 1 aromatic heterocycles. The first-order valence-corrected chi connectivity index (χ1v) is 8.97. The minimum Gasteiger partial charge on any atom is -0.387 e. The monoisotopic (exact) mass is 346 g/mol. The second-order valence-electron chi connectivity index (χ2n) is 5.59. The van der Waals surface area contributed by atoms with Gasteiger partial charge in [0, 0.05) is 6.54 Å². The molecule has 1 heterocycles. The summed E-state index contributed by atoms with van der Waals surface area (Å²) in [5.41, 5.74) is 0.967. The fourth-order valence-electron chi connectivity index (χ4n) is 2.77. The first-order chi connectivity index (χ1) is 11.4. The molecule has 3 aromatic rings. The zero-order chi connectivity index (χ0) is 17.3. The van der Waals surface area contributed by atoms with Crippen LogP contribution in [-0.4, -0.2) is 25.2 Å². The SMILES string of the molecule is Cc1noc(C)c1S(=O)(=O)NCC(O)c1cccc2ccccc12. The van der Waals surface area contributed by atoms with E-state index in [1.165, 1.54) is 6.92 Å². The van der Waals surface area contributed by atoms with Gasteiger partial charge in [-0.2, -0.15) is 0 Å². The minimum absolute atomic E-state index is 0.0209. The number of nitrogens with zero attached hydrogens (tertiary/aromatic N) is 1. The maximum atomic E-state index is 12.4. The third-order valence-electron chi connectivity index (χ3n) is 3.89. The second kappa shape index (κ2) is 6.35. The molecule has 0 aliphatic heterocycles. The molecule has 0 amide bonds. The van der Waals surface area contributed by atoms with Gasteiger partial charge in [-0.25, -0.2) is 13.1 Å². The van der Waals surface area contributed by atoms with Crippen LogP contribution in [0.5, 0.6) is 0 Å². The number of benzene rings is 2. The molecule has 0 aliphatic carbocycles. The summed E-state index contributed by atoms with van der Waals surface area (Å²) in [6.07, 6.45) is -0.966. The summed E-state index contributed by atoms with van der Waals surface area (Å²) < 4.78 is 32.2. The molecule has 1 atom stereocenters. The van der Waals surface area contributed by atoms with Crippen molar-refractivity contribution in [3.8, 4) is 0 Å². The van der Waals surface area contributed by atoms with Crippen LogP contribution >= 0.6 is 0 Å². The van der Waals surface area contributed by atoms with Crippen LogP contribution in [0.25, 0.3) is 10.8 Å². The summed E-state index contributed by atoms with van der Waals surface area (Å²) in [5.74, 6) is 0.222. The summed E-state index contributed by atoms with van der Waals surface area (Å²) in [6.45, 7) is 2.96. The molecular weight excluding hydrogens is 328 g/mol. The van der Waals surface area contributed by atoms with Crippen molar-refractivity contribution in [1.82, 2.24) is 9.88 Å². The van der Waals surface area contributed by atoms with Gasteiger partial charge in [-0.15, -0.1) is 0 Å². The molecule has 126 valence electrons. The molecule has 0 bridgehead atoms. The highest BCUT2D eigenvalue weighted by molar-refractivity contribution is 7.89. The second-order valence-corrected chi connectivity index (χ2v) is 7.29. The zero-order valence-corrected chi connectivity index (χ0v) is 14.2. The summed E-state index contributed by atoms with van der Waals surface area (Å²) in [5, 5.41) is 16.0. The van der Waals surface area contributed by atoms with E-state index in [2.05, 4.69) is 9.88 Å². The van der Waals surface area contributed by atoms with Gasteiger partial charge in [-0.05, 0) is 30.2 Å². The van der Waals surface area contributed by atoms with Gasteiger partial charge < -0.3 is 9.63 Å². The number of aromatic nitrogens is 1. The molecule has 0 saturated heterocycles. The van der Waals surface area contributed by atoms with E-state index >= 15 is 0 Å². The molecule has 7 heteroatoms. The van der Waals surface area contributed by atoms with Crippen LogP contribution in [-0.2, 0) is 10.0 Å². The number of nitrogens with one attached hydrogen (secondary N) is 1. The lowest BCUT2D eigenvalue weighted by molar-refractivity contribution is 0.183. The van der Waals surface area contributed by atoms with Gasteiger partial charge in [0.15, 0.2) is 5.76 Å². The fourth-order valence-corrected chi connectivity index (χ4v) is 4.13. The Morgan fingerprint density at radius 3 is 2.58 bits per heavy atom. The van der Waals surface area contributed by atoms with E-state index in [1.807, 2.05) is 36.4 Å². The van der Waals surface area contributed by atoms with Gasteiger partial charge in [0.1, 0.15) is 10.6 Å². The molecule has 0 aliphatic rings. The molecule has 0 spiro atoms. The molecule has 0 saturated carbocycles. The molecule has 2 aromatic carbocycles. The van der Waals surface area contributed by atoms with Crippen LogP contribution in [0.1, 0.15) is 23.1 Å². The van der Waals surface area contributed by atoms with Gasteiger partial charge >= 0.3 is 0 Å². The van der Waals surface area contributed by atoms with Gasteiger partial charge in [0.05, 0.1) is 6.10 Å². The van der Waals surface area contributed by atoms with Crippen molar-refractivity contribution in [3.63, 3.8) is 0 Å². The Labute approximate surface area is 140 Å². The number of aliphatic hydroxyl groups excluding tert-OH is 1. The summed E-state index contributed by atoms with van der Waals surface area (Å²) in [4.78, 5) is 0.0209. The lowest BCUT2D eigenvalue weighted by atomic mass is 10.0. The summed E-state index contributed by atoms with van der Waals surface area (Å²) in [6, 6.07) is 13.2. The Kier molecular flexibility index (Phi) is 4.40. The highest BCUT2D eigenvalue weighted by atomic mass is 32.2. The van der Waals surface area contributed by atoms with Crippen molar-refractivity contribution >= 4 is 20.8 Å². The molecule has 1 unspecified atom stereocenters. The largest absolute Gasteiger partial charge is 0.387 e. The standard InChI is InChI=1S/C17H18N2O4S/c1-11-17(12(2)23-19-11)24(21,22)18-10-16(20)15-9-5-7-13-6-3-4-8-14(13)15/h3-9,16,18,20H,10H2,1-2H3. The normalized spacial score (nSPS) is 13.3. The van der Waals surface area contributed by atoms with Crippen LogP contribution in [0.15, 0.2) is 51.9 Å². The highest BCUT2D eigenvalue weighted by Crippen LogP contribution is 2.25. The maximum absolute atomic E-state index is 12.4. The number of sulfonamides is 1. The first kappa shape index (κ1) is 16.6. The molecule has 24 heavy (non-hydrogen) atoms. The lowest BCUT2D eigenvalue weighted by Crippen LogP contribution is -2.29. The van der Waals surface area contributed by atoms with E-state index in [4.69, 9.17) is 4.52 Å². The first-order valence-electron chi connectivity index (χ1n) is 7.48. The molecule has 6 nitrogen and oxygen atoms in total. The van der Waals surface area contributed by atoms with Crippen molar-refractivity contribution < 1.29 is 18.0 Å².